The molecule has 1 aliphatic carbocycles. The Bertz CT molecular complexity index is 824. The van der Waals surface area contributed by atoms with E-state index >= 15 is 0 Å². The molecule has 2 aromatic carbocycles. The van der Waals surface area contributed by atoms with Crippen LogP contribution in [0.1, 0.15) is 37.3 Å². The van der Waals surface area contributed by atoms with Crippen molar-refractivity contribution in [3.63, 3.8) is 0 Å². The topological polar surface area (TPSA) is 45.7 Å². The van der Waals surface area contributed by atoms with Crippen LogP contribution in [-0.2, 0) is 10.6 Å². The third-order valence-electron chi connectivity index (χ3n) is 4.82. The lowest BCUT2D eigenvalue weighted by Crippen LogP contribution is -2.48. The molecule has 1 atom stereocenters. The van der Waals surface area contributed by atoms with E-state index in [2.05, 4.69) is 41.9 Å². The summed E-state index contributed by atoms with van der Waals surface area (Å²) in [5.74, 6) is 0.00927. The number of hydrazone groups is 1. The summed E-state index contributed by atoms with van der Waals surface area (Å²) in [6, 6.07) is 18.4. The maximum Gasteiger partial charge on any atom is 0.301 e. The number of nitrogens with one attached hydrogen (secondary N) is 2. The smallest absolute Gasteiger partial charge is 0.301 e. The number of rotatable bonds is 3. The van der Waals surface area contributed by atoms with Gasteiger partial charge in [-0.15, -0.1) is 0 Å². The predicted molar refractivity (Wildman–Crippen MR) is 101 cm³/mol. The highest BCUT2D eigenvalue weighted by atomic mass is 16.5. The lowest BCUT2D eigenvalue weighted by molar-refractivity contribution is -0.00569. The van der Waals surface area contributed by atoms with E-state index < -0.39 is 5.85 Å². The van der Waals surface area contributed by atoms with Crippen molar-refractivity contribution in [3.8, 4) is 0 Å². The first-order valence-electron chi connectivity index (χ1n) is 8.79. The Morgan fingerprint density at radius 1 is 1.00 bits per heavy atom. The summed E-state index contributed by atoms with van der Waals surface area (Å²) >= 11 is 0. The van der Waals surface area contributed by atoms with Crippen LogP contribution in [0.15, 0.2) is 71.0 Å². The highest BCUT2D eigenvalue weighted by Gasteiger charge is 2.38. The Kier molecular flexibility index (Phi) is 3.96. The summed E-state index contributed by atoms with van der Waals surface area (Å²) in [5.41, 5.74) is 8.82. The van der Waals surface area contributed by atoms with Crippen molar-refractivity contribution in [1.29, 1.82) is 0 Å². The summed E-state index contributed by atoms with van der Waals surface area (Å²) < 4.78 is 6.48. The zero-order chi connectivity index (χ0) is 17.3. The fourth-order valence-corrected chi connectivity index (χ4v) is 3.45. The maximum atomic E-state index is 6.48. The van der Waals surface area contributed by atoms with Crippen LogP contribution in [0.3, 0.4) is 0 Å². The first-order valence-corrected chi connectivity index (χ1v) is 8.79. The van der Waals surface area contributed by atoms with Gasteiger partial charge in [0.1, 0.15) is 5.76 Å². The van der Waals surface area contributed by atoms with E-state index in [0.717, 1.165) is 42.0 Å². The summed E-state index contributed by atoms with van der Waals surface area (Å²) in [6.07, 6.45) is 3.17. The van der Waals surface area contributed by atoms with E-state index in [0.29, 0.717) is 0 Å². The predicted octanol–water partition coefficient (Wildman–Crippen LogP) is 4.65. The summed E-state index contributed by atoms with van der Waals surface area (Å²) in [4.78, 5) is 0. The van der Waals surface area contributed by atoms with Crippen molar-refractivity contribution >= 4 is 11.4 Å². The molecule has 1 fully saturated rings. The molecule has 1 aliphatic heterocycles. The van der Waals surface area contributed by atoms with E-state index in [9.17, 15) is 0 Å². The minimum atomic E-state index is -0.926. The second-order valence-electron chi connectivity index (χ2n) is 6.70. The Morgan fingerprint density at radius 2 is 1.76 bits per heavy atom. The number of hydrogen-bond donors (Lipinski definition) is 2. The molecule has 25 heavy (non-hydrogen) atoms. The third-order valence-corrected chi connectivity index (χ3v) is 4.82. The molecule has 4 nitrogen and oxygen atoms in total. The quantitative estimate of drug-likeness (QED) is 0.859. The summed E-state index contributed by atoms with van der Waals surface area (Å²) in [6.45, 7) is 4.12. The SMILES string of the molecule is CC1=C2CCCC2=NNC(Nc2ccc(C)cc2)(c2ccccc2)O1. The van der Waals surface area contributed by atoms with Crippen molar-refractivity contribution in [2.75, 3.05) is 5.32 Å². The molecule has 4 heteroatoms. The zero-order valence-corrected chi connectivity index (χ0v) is 14.7. The fourth-order valence-electron chi connectivity index (χ4n) is 3.45. The number of aryl methyl sites for hydroxylation is 1. The largest absolute Gasteiger partial charge is 0.449 e. The van der Waals surface area contributed by atoms with Crippen LogP contribution >= 0.6 is 0 Å². The van der Waals surface area contributed by atoms with Crippen molar-refractivity contribution < 1.29 is 4.74 Å². The van der Waals surface area contributed by atoms with Crippen LogP contribution in [0.25, 0.3) is 0 Å². The first-order chi connectivity index (χ1) is 12.2. The van der Waals surface area contributed by atoms with Crippen LogP contribution in [0.5, 0.6) is 0 Å². The molecule has 1 heterocycles. The van der Waals surface area contributed by atoms with Gasteiger partial charge in [0, 0.05) is 16.8 Å². The molecule has 0 saturated heterocycles. The van der Waals surface area contributed by atoms with Crippen LogP contribution in [-0.4, -0.2) is 5.71 Å². The van der Waals surface area contributed by atoms with Gasteiger partial charge < -0.3 is 10.1 Å². The fraction of sp³-hybridized carbons (Fsp3) is 0.286. The molecular weight excluding hydrogens is 310 g/mol. The minimum Gasteiger partial charge on any atom is -0.449 e. The highest BCUT2D eigenvalue weighted by molar-refractivity contribution is 6.02. The highest BCUT2D eigenvalue weighted by Crippen LogP contribution is 2.35. The van der Waals surface area contributed by atoms with Crippen molar-refractivity contribution in [2.24, 2.45) is 5.10 Å². The number of nitrogens with zero attached hydrogens (tertiary/aromatic N) is 1. The zero-order valence-electron chi connectivity index (χ0n) is 14.7. The molecule has 0 aromatic heterocycles. The van der Waals surface area contributed by atoms with Crippen molar-refractivity contribution in [3.05, 3.63) is 77.1 Å². The first kappa shape index (κ1) is 15.8. The minimum absolute atomic E-state index is 0.926. The molecular formula is C21H23N3O. The van der Waals surface area contributed by atoms with Gasteiger partial charge in [-0.2, -0.15) is 5.10 Å². The van der Waals surface area contributed by atoms with Gasteiger partial charge in [-0.1, -0.05) is 48.0 Å². The average Bonchev–Trinajstić information content (AvgIpc) is 3.06. The summed E-state index contributed by atoms with van der Waals surface area (Å²) in [7, 11) is 0. The van der Waals surface area contributed by atoms with Gasteiger partial charge in [-0.25, -0.2) is 5.43 Å². The third kappa shape index (κ3) is 3.00. The molecule has 1 unspecified atom stereocenters. The lowest BCUT2D eigenvalue weighted by Gasteiger charge is -2.35. The average molecular weight is 333 g/mol. The van der Waals surface area contributed by atoms with Crippen LogP contribution < -0.4 is 10.7 Å². The molecule has 0 bridgehead atoms. The van der Waals surface area contributed by atoms with E-state index in [1.807, 2.05) is 37.3 Å². The lowest BCUT2D eigenvalue weighted by atomic mass is 10.1. The van der Waals surface area contributed by atoms with Gasteiger partial charge in [0.2, 0.25) is 0 Å². The monoisotopic (exact) mass is 333 g/mol. The molecule has 4 rings (SSSR count). The van der Waals surface area contributed by atoms with Gasteiger partial charge >= 0.3 is 5.85 Å². The molecule has 2 aliphatic rings. The van der Waals surface area contributed by atoms with Crippen LogP contribution in [0.4, 0.5) is 5.69 Å². The van der Waals surface area contributed by atoms with Crippen LogP contribution in [0.2, 0.25) is 0 Å². The normalized spacial score (nSPS) is 22.4. The number of anilines is 1. The second-order valence-corrected chi connectivity index (χ2v) is 6.70. The molecule has 128 valence electrons. The molecule has 0 amide bonds. The standard InChI is InChI=1S/C21H23N3O/c1-15-11-13-18(14-12-15)22-21(17-7-4-3-5-8-17)24-23-20-10-6-9-19(20)16(2)25-21/h3-5,7-8,11-14,22,24H,6,9-10H2,1-2H3. The molecule has 2 N–H and O–H groups in total. The number of ether oxygens (including phenoxy) is 1. The molecule has 0 spiro atoms. The van der Waals surface area contributed by atoms with Crippen LogP contribution in [0, 0.1) is 6.92 Å². The van der Waals surface area contributed by atoms with E-state index in [4.69, 9.17) is 9.84 Å². The Balaban J connectivity index is 1.77. The molecule has 1 saturated carbocycles. The van der Waals surface area contributed by atoms with E-state index in [1.165, 1.54) is 11.1 Å². The van der Waals surface area contributed by atoms with E-state index in [-0.39, 0.29) is 0 Å². The van der Waals surface area contributed by atoms with Gasteiger partial charge in [-0.3, -0.25) is 0 Å². The summed E-state index contributed by atoms with van der Waals surface area (Å²) in [5, 5.41) is 8.22. The van der Waals surface area contributed by atoms with Gasteiger partial charge in [0.15, 0.2) is 0 Å². The van der Waals surface area contributed by atoms with Gasteiger partial charge in [0.05, 0.1) is 5.71 Å². The van der Waals surface area contributed by atoms with Gasteiger partial charge in [0.25, 0.3) is 0 Å². The molecule has 0 radical (unpaired) electrons. The second kappa shape index (κ2) is 6.28. The van der Waals surface area contributed by atoms with Crippen molar-refractivity contribution in [1.82, 2.24) is 5.43 Å². The van der Waals surface area contributed by atoms with Gasteiger partial charge in [-0.05, 0) is 45.2 Å². The Labute approximate surface area is 148 Å². The number of benzene rings is 2. The molecule has 2 aromatic rings. The Hall–Kier alpha value is -2.75. The van der Waals surface area contributed by atoms with E-state index in [1.54, 1.807) is 0 Å². The number of allylic oxidation sites excluding steroid dienone is 2. The Morgan fingerprint density at radius 3 is 2.52 bits per heavy atom. The maximum absolute atomic E-state index is 6.48. The van der Waals surface area contributed by atoms with Crippen molar-refractivity contribution in [2.45, 2.75) is 39.0 Å². The number of fused-ring (bicyclic) bond motifs is 1. The number of hydrogen-bond acceptors (Lipinski definition) is 4.